The Labute approximate surface area is 222 Å². The quantitative estimate of drug-likeness (QED) is 0.219. The van der Waals surface area contributed by atoms with E-state index in [1.54, 1.807) is 0 Å². The number of rotatable bonds is 5. The molecule has 0 saturated carbocycles. The Balaban J connectivity index is 1.97. The molecule has 188 valence electrons. The van der Waals surface area contributed by atoms with Crippen molar-refractivity contribution < 1.29 is 4.57 Å². The second-order valence-electron chi connectivity index (χ2n) is 11.2. The van der Waals surface area contributed by atoms with Gasteiger partial charge in [0.1, 0.15) is 5.69 Å². The number of aromatic nitrogens is 2. The molecule has 4 aromatic carbocycles. The lowest BCUT2D eigenvalue weighted by atomic mass is 9.88. The highest BCUT2D eigenvalue weighted by molar-refractivity contribution is 5.82. The summed E-state index contributed by atoms with van der Waals surface area (Å²) in [6.07, 6.45) is 0. The van der Waals surface area contributed by atoms with Crippen LogP contribution in [0.3, 0.4) is 0 Å². The average Bonchev–Trinajstić information content (AvgIpc) is 3.15. The van der Waals surface area contributed by atoms with Crippen LogP contribution in [0.1, 0.15) is 67.3 Å². The van der Waals surface area contributed by atoms with Gasteiger partial charge in [-0.25, -0.2) is 4.57 Å². The van der Waals surface area contributed by atoms with Gasteiger partial charge in [-0.05, 0) is 85.2 Å². The van der Waals surface area contributed by atoms with Crippen LogP contribution in [0, 0.1) is 20.8 Å². The molecule has 0 N–H and O–H groups in total. The Hall–Kier alpha value is -3.65. The lowest BCUT2D eigenvalue weighted by Gasteiger charge is -2.21. The molecule has 0 aliphatic carbocycles. The SMILES string of the molecule is Cc1ccc(C)c(-c2n(-c3c(C(C)C)cc(-c4ccccc4)cc3C(C)C)c3cc(C)ccc3[n+]2C)c1. The summed E-state index contributed by atoms with van der Waals surface area (Å²) in [4.78, 5) is 0. The van der Waals surface area contributed by atoms with Crippen molar-refractivity contribution in [2.24, 2.45) is 7.05 Å². The fraction of sp³-hybridized carbons (Fsp3) is 0.286. The van der Waals surface area contributed by atoms with Crippen molar-refractivity contribution in [2.75, 3.05) is 0 Å². The largest absolute Gasteiger partial charge is 0.295 e. The van der Waals surface area contributed by atoms with Gasteiger partial charge in [-0.1, -0.05) is 81.8 Å². The minimum atomic E-state index is 0.371. The highest BCUT2D eigenvalue weighted by Gasteiger charge is 2.32. The molecule has 0 spiro atoms. The van der Waals surface area contributed by atoms with E-state index >= 15 is 0 Å². The lowest BCUT2D eigenvalue weighted by molar-refractivity contribution is -0.633. The Bertz CT molecular complexity index is 1570. The van der Waals surface area contributed by atoms with E-state index in [4.69, 9.17) is 0 Å². The molecule has 0 radical (unpaired) electrons. The number of hydrogen-bond donors (Lipinski definition) is 0. The van der Waals surface area contributed by atoms with Crippen LogP contribution in [0.2, 0.25) is 0 Å². The van der Waals surface area contributed by atoms with Crippen molar-refractivity contribution >= 4 is 11.0 Å². The van der Waals surface area contributed by atoms with Gasteiger partial charge in [0.2, 0.25) is 0 Å². The Morgan fingerprint density at radius 1 is 0.649 bits per heavy atom. The molecule has 2 heteroatoms. The Morgan fingerprint density at radius 2 is 1.24 bits per heavy atom. The van der Waals surface area contributed by atoms with Gasteiger partial charge in [-0.15, -0.1) is 0 Å². The second kappa shape index (κ2) is 9.67. The van der Waals surface area contributed by atoms with Crippen LogP contribution in [0.5, 0.6) is 0 Å². The first-order valence-electron chi connectivity index (χ1n) is 13.5. The molecule has 0 fully saturated rings. The van der Waals surface area contributed by atoms with Crippen LogP contribution < -0.4 is 4.57 Å². The normalized spacial score (nSPS) is 11.7. The molecular formula is C35H39N2+. The first kappa shape index (κ1) is 25.0. The predicted octanol–water partition coefficient (Wildman–Crippen LogP) is 8.96. The first-order valence-corrected chi connectivity index (χ1v) is 13.5. The third kappa shape index (κ3) is 4.39. The molecule has 37 heavy (non-hydrogen) atoms. The van der Waals surface area contributed by atoms with Crippen molar-refractivity contribution in [3.63, 3.8) is 0 Å². The zero-order chi connectivity index (χ0) is 26.4. The lowest BCUT2D eigenvalue weighted by Crippen LogP contribution is -2.30. The van der Waals surface area contributed by atoms with Crippen molar-refractivity contribution in [1.82, 2.24) is 4.57 Å². The molecule has 0 atom stereocenters. The second-order valence-corrected chi connectivity index (χ2v) is 11.2. The van der Waals surface area contributed by atoms with Crippen LogP contribution in [-0.4, -0.2) is 4.57 Å². The van der Waals surface area contributed by atoms with Gasteiger partial charge in [0, 0.05) is 11.1 Å². The van der Waals surface area contributed by atoms with Gasteiger partial charge in [0.15, 0.2) is 11.0 Å². The summed E-state index contributed by atoms with van der Waals surface area (Å²) in [6.45, 7) is 15.9. The molecule has 0 amide bonds. The summed E-state index contributed by atoms with van der Waals surface area (Å²) in [5, 5.41) is 0. The molecule has 2 nitrogen and oxygen atoms in total. The third-order valence-corrected chi connectivity index (χ3v) is 7.64. The third-order valence-electron chi connectivity index (χ3n) is 7.64. The summed E-state index contributed by atoms with van der Waals surface area (Å²) < 4.78 is 4.94. The van der Waals surface area contributed by atoms with E-state index in [-0.39, 0.29) is 0 Å². The molecule has 0 aliphatic rings. The predicted molar refractivity (Wildman–Crippen MR) is 158 cm³/mol. The highest BCUT2D eigenvalue weighted by atomic mass is 15.2. The maximum Gasteiger partial charge on any atom is 0.295 e. The summed E-state index contributed by atoms with van der Waals surface area (Å²) in [5.41, 5.74) is 14.3. The minimum absolute atomic E-state index is 0.371. The van der Waals surface area contributed by atoms with E-state index in [2.05, 4.69) is 144 Å². The molecule has 1 heterocycles. The number of benzene rings is 4. The summed E-state index contributed by atoms with van der Waals surface area (Å²) in [7, 11) is 2.22. The van der Waals surface area contributed by atoms with Crippen LogP contribution in [0.15, 0.2) is 78.9 Å². The van der Waals surface area contributed by atoms with Crippen molar-refractivity contribution in [3.05, 3.63) is 107 Å². The average molecular weight is 488 g/mol. The van der Waals surface area contributed by atoms with E-state index in [0.717, 1.165) is 0 Å². The van der Waals surface area contributed by atoms with E-state index in [0.29, 0.717) is 11.8 Å². The number of hydrogen-bond acceptors (Lipinski definition) is 0. The van der Waals surface area contributed by atoms with E-state index in [1.165, 1.54) is 67.1 Å². The maximum absolute atomic E-state index is 2.56. The van der Waals surface area contributed by atoms with Crippen molar-refractivity contribution in [2.45, 2.75) is 60.3 Å². The van der Waals surface area contributed by atoms with Gasteiger partial charge < -0.3 is 0 Å². The van der Waals surface area contributed by atoms with Gasteiger partial charge in [0.25, 0.3) is 5.82 Å². The molecule has 0 unspecified atom stereocenters. The molecule has 5 rings (SSSR count). The highest BCUT2D eigenvalue weighted by Crippen LogP contribution is 2.40. The first-order chi connectivity index (χ1) is 17.7. The van der Waals surface area contributed by atoms with Gasteiger partial charge in [0.05, 0.1) is 12.6 Å². The summed E-state index contributed by atoms with van der Waals surface area (Å²) in [6, 6.07) is 29.3. The zero-order valence-electron chi connectivity index (χ0n) is 23.6. The number of fused-ring (bicyclic) bond motifs is 1. The van der Waals surface area contributed by atoms with Gasteiger partial charge in [-0.3, -0.25) is 0 Å². The van der Waals surface area contributed by atoms with Crippen LogP contribution in [-0.2, 0) is 7.05 Å². The zero-order valence-corrected chi connectivity index (χ0v) is 23.6. The monoisotopic (exact) mass is 487 g/mol. The molecule has 0 bridgehead atoms. The topological polar surface area (TPSA) is 8.81 Å². The Morgan fingerprint density at radius 3 is 1.86 bits per heavy atom. The van der Waals surface area contributed by atoms with E-state index < -0.39 is 0 Å². The van der Waals surface area contributed by atoms with Gasteiger partial charge in [-0.2, -0.15) is 4.57 Å². The van der Waals surface area contributed by atoms with Crippen LogP contribution in [0.25, 0.3) is 39.2 Å². The number of nitrogens with zero attached hydrogens (tertiary/aromatic N) is 2. The van der Waals surface area contributed by atoms with Gasteiger partial charge >= 0.3 is 0 Å². The molecule has 1 aromatic heterocycles. The smallest absolute Gasteiger partial charge is 0.225 e. The number of imidazole rings is 1. The Kier molecular flexibility index (Phi) is 6.54. The molecule has 0 saturated heterocycles. The van der Waals surface area contributed by atoms with Crippen LogP contribution >= 0.6 is 0 Å². The molecule has 5 aromatic rings. The standard InChI is InChI=1S/C35H39N2/c1-22(2)29-20-28(27-12-10-9-11-13-27)21-30(23(3)4)34(29)37-33-19-25(6)15-17-32(33)36(8)35(37)31-18-24(5)14-16-26(31)7/h9-23H,1-8H3/q+1. The fourth-order valence-corrected chi connectivity index (χ4v) is 5.59. The minimum Gasteiger partial charge on any atom is -0.225 e. The summed E-state index contributed by atoms with van der Waals surface area (Å²) >= 11 is 0. The van der Waals surface area contributed by atoms with Crippen LogP contribution in [0.4, 0.5) is 0 Å². The fourth-order valence-electron chi connectivity index (χ4n) is 5.59. The van der Waals surface area contributed by atoms with Crippen molar-refractivity contribution in [3.8, 4) is 28.2 Å². The summed E-state index contributed by atoms with van der Waals surface area (Å²) in [5.74, 6) is 1.98. The van der Waals surface area contributed by atoms with Crippen molar-refractivity contribution in [1.29, 1.82) is 0 Å². The van der Waals surface area contributed by atoms with E-state index in [9.17, 15) is 0 Å². The molecular weight excluding hydrogens is 448 g/mol. The molecule has 0 aliphatic heterocycles. The number of aryl methyl sites for hydroxylation is 4. The maximum atomic E-state index is 2.56. The van der Waals surface area contributed by atoms with E-state index in [1.807, 2.05) is 0 Å².